The molecule has 2 unspecified atom stereocenters. The molecule has 0 radical (unpaired) electrons. The van der Waals surface area contributed by atoms with E-state index in [4.69, 9.17) is 10.3 Å². The fourth-order valence-electron chi connectivity index (χ4n) is 2.20. The lowest BCUT2D eigenvalue weighted by Gasteiger charge is -2.12. The lowest BCUT2D eigenvalue weighted by Crippen LogP contribution is -2.17. The van der Waals surface area contributed by atoms with Crippen LogP contribution < -0.4 is 10.6 Å². The third-order valence-corrected chi connectivity index (χ3v) is 3.11. The van der Waals surface area contributed by atoms with Crippen LogP contribution in [0.25, 0.3) is 0 Å². The number of hydrogen-bond acceptors (Lipinski definition) is 5. The van der Waals surface area contributed by atoms with Crippen molar-refractivity contribution in [1.82, 2.24) is 10.1 Å². The summed E-state index contributed by atoms with van der Waals surface area (Å²) in [6.07, 6.45) is 3.52. The summed E-state index contributed by atoms with van der Waals surface area (Å²) in [5, 5.41) is 3.93. The highest BCUT2D eigenvalue weighted by Crippen LogP contribution is 2.38. The van der Waals surface area contributed by atoms with E-state index in [0.717, 1.165) is 12.3 Å². The number of rotatable bonds is 3. The van der Waals surface area contributed by atoms with Crippen molar-refractivity contribution in [3.8, 4) is 0 Å². The summed E-state index contributed by atoms with van der Waals surface area (Å²) in [7, 11) is 3.81. The molecule has 84 valence electrons. The molecule has 0 bridgehead atoms. The van der Waals surface area contributed by atoms with E-state index in [1.54, 1.807) is 0 Å². The van der Waals surface area contributed by atoms with Crippen LogP contribution in [0.2, 0.25) is 0 Å². The van der Waals surface area contributed by atoms with E-state index in [0.29, 0.717) is 24.3 Å². The summed E-state index contributed by atoms with van der Waals surface area (Å²) in [6, 6.07) is 0. The quantitative estimate of drug-likeness (QED) is 0.805. The van der Waals surface area contributed by atoms with Crippen LogP contribution in [0.5, 0.6) is 0 Å². The molecule has 2 rings (SSSR count). The van der Waals surface area contributed by atoms with Gasteiger partial charge >= 0.3 is 0 Å². The number of nitrogens with two attached hydrogens (primary N) is 1. The molecule has 1 saturated carbocycles. The molecular formula is C10H18N4O. The Balaban J connectivity index is 2.14. The van der Waals surface area contributed by atoms with Crippen molar-refractivity contribution in [3.05, 3.63) is 5.89 Å². The van der Waals surface area contributed by atoms with Crippen molar-refractivity contribution >= 4 is 5.95 Å². The third kappa shape index (κ3) is 1.97. The van der Waals surface area contributed by atoms with Gasteiger partial charge in [-0.2, -0.15) is 4.98 Å². The molecule has 5 heteroatoms. The predicted molar refractivity (Wildman–Crippen MR) is 57.8 cm³/mol. The van der Waals surface area contributed by atoms with E-state index in [-0.39, 0.29) is 0 Å². The van der Waals surface area contributed by atoms with Gasteiger partial charge in [0.2, 0.25) is 5.89 Å². The second-order valence-electron chi connectivity index (χ2n) is 4.36. The van der Waals surface area contributed by atoms with Gasteiger partial charge in [-0.3, -0.25) is 0 Å². The Morgan fingerprint density at radius 1 is 1.47 bits per heavy atom. The van der Waals surface area contributed by atoms with Crippen molar-refractivity contribution in [3.63, 3.8) is 0 Å². The lowest BCUT2D eigenvalue weighted by molar-refractivity contribution is 0.325. The minimum Gasteiger partial charge on any atom is -0.344 e. The molecule has 2 N–H and O–H groups in total. The second kappa shape index (κ2) is 4.18. The SMILES string of the molecule is CN(C)c1noc(C2CCCC2CN)n1. The van der Waals surface area contributed by atoms with Crippen molar-refractivity contribution in [2.45, 2.75) is 25.2 Å². The molecule has 1 fully saturated rings. The Morgan fingerprint density at radius 2 is 2.27 bits per heavy atom. The smallest absolute Gasteiger partial charge is 0.265 e. The van der Waals surface area contributed by atoms with Gasteiger partial charge in [-0.1, -0.05) is 6.42 Å². The second-order valence-corrected chi connectivity index (χ2v) is 4.36. The Hall–Kier alpha value is -1.10. The van der Waals surface area contributed by atoms with Crippen LogP contribution in [0.4, 0.5) is 5.95 Å². The van der Waals surface area contributed by atoms with E-state index >= 15 is 0 Å². The van der Waals surface area contributed by atoms with Gasteiger partial charge in [0.05, 0.1) is 0 Å². The molecule has 1 heterocycles. The molecule has 5 nitrogen and oxygen atoms in total. The first-order valence-electron chi connectivity index (χ1n) is 5.43. The molecule has 2 atom stereocenters. The molecule has 0 aliphatic heterocycles. The molecule has 1 aliphatic carbocycles. The minimum atomic E-state index is 0.371. The number of hydrogen-bond donors (Lipinski definition) is 1. The minimum absolute atomic E-state index is 0.371. The highest BCUT2D eigenvalue weighted by Gasteiger charge is 2.31. The maximum absolute atomic E-state index is 5.73. The predicted octanol–water partition coefficient (Wildman–Crippen LogP) is 0.978. The van der Waals surface area contributed by atoms with Crippen LogP contribution >= 0.6 is 0 Å². The van der Waals surface area contributed by atoms with Gasteiger partial charge in [0.15, 0.2) is 0 Å². The van der Waals surface area contributed by atoms with Crippen molar-refractivity contribution < 1.29 is 4.52 Å². The van der Waals surface area contributed by atoms with E-state index in [1.165, 1.54) is 12.8 Å². The van der Waals surface area contributed by atoms with Crippen molar-refractivity contribution in [2.75, 3.05) is 25.5 Å². The zero-order valence-corrected chi connectivity index (χ0v) is 9.31. The van der Waals surface area contributed by atoms with E-state index in [1.807, 2.05) is 19.0 Å². The van der Waals surface area contributed by atoms with Gasteiger partial charge in [-0.05, 0) is 30.5 Å². The van der Waals surface area contributed by atoms with Crippen LogP contribution in [-0.4, -0.2) is 30.8 Å². The van der Waals surface area contributed by atoms with Gasteiger partial charge in [0.25, 0.3) is 5.95 Å². The number of anilines is 1. The van der Waals surface area contributed by atoms with Gasteiger partial charge in [0.1, 0.15) is 0 Å². The topological polar surface area (TPSA) is 68.2 Å². The zero-order chi connectivity index (χ0) is 10.8. The van der Waals surface area contributed by atoms with Gasteiger partial charge in [-0.25, -0.2) is 0 Å². The lowest BCUT2D eigenvalue weighted by atomic mass is 9.96. The molecule has 1 aromatic heterocycles. The molecule has 1 aliphatic rings. The van der Waals surface area contributed by atoms with Crippen LogP contribution in [0.15, 0.2) is 4.52 Å². The molecule has 15 heavy (non-hydrogen) atoms. The maximum atomic E-state index is 5.73. The molecule has 0 aromatic carbocycles. The fraction of sp³-hybridized carbons (Fsp3) is 0.800. The average Bonchev–Trinajstić information content (AvgIpc) is 2.85. The summed E-state index contributed by atoms with van der Waals surface area (Å²) in [6.45, 7) is 0.713. The Bertz CT molecular complexity index is 323. The number of aromatic nitrogens is 2. The van der Waals surface area contributed by atoms with Crippen LogP contribution in [0, 0.1) is 5.92 Å². The highest BCUT2D eigenvalue weighted by atomic mass is 16.5. The average molecular weight is 210 g/mol. The van der Waals surface area contributed by atoms with E-state index in [9.17, 15) is 0 Å². The molecule has 0 spiro atoms. The largest absolute Gasteiger partial charge is 0.344 e. The fourth-order valence-corrected chi connectivity index (χ4v) is 2.20. The highest BCUT2D eigenvalue weighted by molar-refractivity contribution is 5.24. The number of nitrogens with zero attached hydrogens (tertiary/aromatic N) is 3. The van der Waals surface area contributed by atoms with Gasteiger partial charge in [-0.15, -0.1) is 0 Å². The summed E-state index contributed by atoms with van der Waals surface area (Å²) < 4.78 is 5.28. The third-order valence-electron chi connectivity index (χ3n) is 3.11. The van der Waals surface area contributed by atoms with Crippen LogP contribution in [0.3, 0.4) is 0 Å². The Labute approximate surface area is 89.6 Å². The first-order chi connectivity index (χ1) is 7.22. The molecular weight excluding hydrogens is 192 g/mol. The van der Waals surface area contributed by atoms with E-state index in [2.05, 4.69) is 10.1 Å². The first kappa shape index (κ1) is 10.4. The zero-order valence-electron chi connectivity index (χ0n) is 9.31. The summed E-state index contributed by atoms with van der Waals surface area (Å²) >= 11 is 0. The maximum Gasteiger partial charge on any atom is 0.265 e. The summed E-state index contributed by atoms with van der Waals surface area (Å²) in [5.41, 5.74) is 5.73. The first-order valence-corrected chi connectivity index (χ1v) is 5.43. The standard InChI is InChI=1S/C10H18N4O/c1-14(2)10-12-9(15-13-10)8-5-3-4-7(8)6-11/h7-8H,3-6,11H2,1-2H3. The Kier molecular flexibility index (Phi) is 2.90. The Morgan fingerprint density at radius 3 is 2.87 bits per heavy atom. The monoisotopic (exact) mass is 210 g/mol. The summed E-state index contributed by atoms with van der Waals surface area (Å²) in [4.78, 5) is 6.23. The van der Waals surface area contributed by atoms with Crippen LogP contribution in [-0.2, 0) is 0 Å². The molecule has 1 aromatic rings. The molecule has 0 saturated heterocycles. The van der Waals surface area contributed by atoms with Crippen LogP contribution in [0.1, 0.15) is 31.1 Å². The van der Waals surface area contributed by atoms with E-state index < -0.39 is 0 Å². The van der Waals surface area contributed by atoms with Gasteiger partial charge in [0, 0.05) is 20.0 Å². The van der Waals surface area contributed by atoms with Crippen molar-refractivity contribution in [2.24, 2.45) is 11.7 Å². The molecule has 0 amide bonds. The normalized spacial score (nSPS) is 25.8. The summed E-state index contributed by atoms with van der Waals surface area (Å²) in [5.74, 6) is 2.29. The van der Waals surface area contributed by atoms with Crippen molar-refractivity contribution in [1.29, 1.82) is 0 Å². The van der Waals surface area contributed by atoms with Gasteiger partial charge < -0.3 is 15.2 Å².